The summed E-state index contributed by atoms with van der Waals surface area (Å²) in [7, 11) is 0. The highest BCUT2D eigenvalue weighted by atomic mass is 32.2. The number of halogens is 1. The lowest BCUT2D eigenvalue weighted by molar-refractivity contribution is -0.118. The van der Waals surface area contributed by atoms with Gasteiger partial charge in [-0.1, -0.05) is 23.9 Å². The van der Waals surface area contributed by atoms with E-state index in [2.05, 4.69) is 4.98 Å². The second-order valence-electron chi connectivity index (χ2n) is 5.45. The van der Waals surface area contributed by atoms with Gasteiger partial charge in [-0.25, -0.2) is 4.39 Å². The van der Waals surface area contributed by atoms with E-state index >= 15 is 0 Å². The third-order valence-corrected chi connectivity index (χ3v) is 4.84. The molecule has 1 aliphatic rings. The Bertz CT molecular complexity index is 802. The Morgan fingerprint density at radius 2 is 2.04 bits per heavy atom. The molecule has 1 aromatic heterocycles. The number of fused-ring (bicyclic) bond motifs is 1. The summed E-state index contributed by atoms with van der Waals surface area (Å²) in [6.07, 6.45) is 2.34. The SMILES string of the molecule is NC(=O)Cn1c(SCc2ccc(F)cc2)nc(=O)c2c1CCC2. The number of thioether (sulfide) groups is 1. The van der Waals surface area contributed by atoms with Gasteiger partial charge >= 0.3 is 0 Å². The quantitative estimate of drug-likeness (QED) is 0.667. The minimum absolute atomic E-state index is 0.0152. The molecule has 1 heterocycles. The normalized spacial score (nSPS) is 13.1. The van der Waals surface area contributed by atoms with Gasteiger partial charge in [0.15, 0.2) is 5.16 Å². The fraction of sp³-hybridized carbons (Fsp3) is 0.312. The molecule has 0 atom stereocenters. The number of hydrogen-bond donors (Lipinski definition) is 1. The van der Waals surface area contributed by atoms with Crippen LogP contribution in [0.1, 0.15) is 23.2 Å². The van der Waals surface area contributed by atoms with Gasteiger partial charge in [-0.05, 0) is 37.0 Å². The molecule has 0 aliphatic heterocycles. The van der Waals surface area contributed by atoms with Crippen LogP contribution in [0.4, 0.5) is 4.39 Å². The third-order valence-electron chi connectivity index (χ3n) is 3.80. The maximum atomic E-state index is 12.9. The van der Waals surface area contributed by atoms with Crippen molar-refractivity contribution in [1.29, 1.82) is 0 Å². The van der Waals surface area contributed by atoms with Crippen molar-refractivity contribution < 1.29 is 9.18 Å². The topological polar surface area (TPSA) is 78.0 Å². The largest absolute Gasteiger partial charge is 0.368 e. The summed E-state index contributed by atoms with van der Waals surface area (Å²) < 4.78 is 14.7. The van der Waals surface area contributed by atoms with Gasteiger partial charge in [0.2, 0.25) is 5.91 Å². The zero-order valence-electron chi connectivity index (χ0n) is 12.4. The first kappa shape index (κ1) is 15.7. The molecular weight excluding hydrogens is 317 g/mol. The zero-order chi connectivity index (χ0) is 16.4. The summed E-state index contributed by atoms with van der Waals surface area (Å²) in [5, 5.41) is 0.485. The third kappa shape index (κ3) is 3.44. The van der Waals surface area contributed by atoms with Crippen molar-refractivity contribution in [3.63, 3.8) is 0 Å². The van der Waals surface area contributed by atoms with Crippen molar-refractivity contribution in [2.24, 2.45) is 5.73 Å². The Labute approximate surface area is 136 Å². The number of hydrogen-bond acceptors (Lipinski definition) is 4. The van der Waals surface area contributed by atoms with Crippen LogP contribution in [0.5, 0.6) is 0 Å². The van der Waals surface area contributed by atoms with Crippen molar-refractivity contribution in [2.45, 2.75) is 36.7 Å². The van der Waals surface area contributed by atoms with E-state index in [-0.39, 0.29) is 17.9 Å². The molecule has 3 rings (SSSR count). The van der Waals surface area contributed by atoms with Gasteiger partial charge in [0.05, 0.1) is 0 Å². The highest BCUT2D eigenvalue weighted by molar-refractivity contribution is 7.98. The molecule has 1 aliphatic carbocycles. The van der Waals surface area contributed by atoms with E-state index in [1.165, 1.54) is 23.9 Å². The predicted molar refractivity (Wildman–Crippen MR) is 85.7 cm³/mol. The Morgan fingerprint density at radius 1 is 1.30 bits per heavy atom. The Morgan fingerprint density at radius 3 is 2.74 bits per heavy atom. The lowest BCUT2D eigenvalue weighted by Crippen LogP contribution is -2.27. The summed E-state index contributed by atoms with van der Waals surface area (Å²) in [5.74, 6) is -0.224. The van der Waals surface area contributed by atoms with Crippen LogP contribution >= 0.6 is 11.8 Å². The van der Waals surface area contributed by atoms with Crippen LogP contribution in [0, 0.1) is 5.82 Å². The van der Waals surface area contributed by atoms with E-state index in [9.17, 15) is 14.0 Å². The number of rotatable bonds is 5. The molecule has 7 heteroatoms. The predicted octanol–water partition coefficient (Wildman–Crippen LogP) is 1.65. The molecule has 23 heavy (non-hydrogen) atoms. The first-order chi connectivity index (χ1) is 11.0. The van der Waals surface area contributed by atoms with Gasteiger partial charge < -0.3 is 10.3 Å². The summed E-state index contributed by atoms with van der Waals surface area (Å²) in [6, 6.07) is 6.16. The summed E-state index contributed by atoms with van der Waals surface area (Å²) in [5.41, 5.74) is 7.58. The number of aromatic nitrogens is 2. The molecule has 0 radical (unpaired) electrons. The monoisotopic (exact) mass is 333 g/mol. The van der Waals surface area contributed by atoms with Crippen molar-refractivity contribution in [1.82, 2.24) is 9.55 Å². The van der Waals surface area contributed by atoms with Gasteiger partial charge in [0.1, 0.15) is 12.4 Å². The molecule has 2 aromatic rings. The lowest BCUT2D eigenvalue weighted by Gasteiger charge is -2.15. The molecule has 120 valence electrons. The van der Waals surface area contributed by atoms with Gasteiger partial charge in [-0.3, -0.25) is 9.59 Å². The molecular formula is C16H16FN3O2S. The standard InChI is InChI=1S/C16H16FN3O2S/c17-11-6-4-10(5-7-11)9-23-16-19-15(22)12-2-1-3-13(12)20(16)8-14(18)21/h4-7H,1-3,8-9H2,(H2,18,21). The number of primary amides is 1. The number of benzene rings is 1. The van der Waals surface area contributed by atoms with Crippen LogP contribution in [-0.4, -0.2) is 15.5 Å². The Hall–Kier alpha value is -2.15. The molecule has 1 aromatic carbocycles. The van der Waals surface area contributed by atoms with Crippen LogP contribution in [0.25, 0.3) is 0 Å². The van der Waals surface area contributed by atoms with Crippen LogP contribution in [-0.2, 0) is 29.9 Å². The number of carbonyl (C=O) groups excluding carboxylic acids is 1. The maximum absolute atomic E-state index is 12.9. The average Bonchev–Trinajstić information content (AvgIpc) is 3.00. The first-order valence-corrected chi connectivity index (χ1v) is 8.31. The zero-order valence-corrected chi connectivity index (χ0v) is 13.2. The van der Waals surface area contributed by atoms with Crippen molar-refractivity contribution in [3.05, 3.63) is 57.3 Å². The van der Waals surface area contributed by atoms with Gasteiger partial charge in [-0.15, -0.1) is 0 Å². The second kappa shape index (κ2) is 6.54. The molecule has 5 nitrogen and oxygen atoms in total. The van der Waals surface area contributed by atoms with Crippen LogP contribution in [0.15, 0.2) is 34.2 Å². The van der Waals surface area contributed by atoms with Crippen molar-refractivity contribution in [2.75, 3.05) is 0 Å². The molecule has 0 saturated carbocycles. The van der Waals surface area contributed by atoms with E-state index in [1.54, 1.807) is 16.7 Å². The first-order valence-electron chi connectivity index (χ1n) is 7.32. The van der Waals surface area contributed by atoms with Crippen LogP contribution in [0.2, 0.25) is 0 Å². The van der Waals surface area contributed by atoms with Crippen LogP contribution in [0.3, 0.4) is 0 Å². The lowest BCUT2D eigenvalue weighted by atomic mass is 10.2. The van der Waals surface area contributed by atoms with Gasteiger partial charge in [0.25, 0.3) is 5.56 Å². The molecule has 0 bridgehead atoms. The molecule has 0 unspecified atom stereocenters. The maximum Gasteiger partial charge on any atom is 0.277 e. The van der Waals surface area contributed by atoms with E-state index in [1.807, 2.05) is 0 Å². The molecule has 0 fully saturated rings. The number of carbonyl (C=O) groups is 1. The molecule has 2 N–H and O–H groups in total. The van der Waals surface area contributed by atoms with Crippen molar-refractivity contribution >= 4 is 17.7 Å². The van der Waals surface area contributed by atoms with Crippen LogP contribution < -0.4 is 11.3 Å². The van der Waals surface area contributed by atoms with E-state index in [0.717, 1.165) is 24.1 Å². The van der Waals surface area contributed by atoms with E-state index < -0.39 is 5.91 Å². The van der Waals surface area contributed by atoms with Gasteiger partial charge in [0, 0.05) is 17.0 Å². The highest BCUT2D eigenvalue weighted by Gasteiger charge is 2.22. The van der Waals surface area contributed by atoms with E-state index in [4.69, 9.17) is 5.73 Å². The summed E-state index contributed by atoms with van der Waals surface area (Å²) in [4.78, 5) is 27.6. The van der Waals surface area contributed by atoms with E-state index in [0.29, 0.717) is 22.9 Å². The Balaban J connectivity index is 1.91. The number of nitrogens with zero attached hydrogens (tertiary/aromatic N) is 2. The number of amides is 1. The Kier molecular flexibility index (Phi) is 4.47. The van der Waals surface area contributed by atoms with Crippen molar-refractivity contribution in [3.8, 4) is 0 Å². The minimum atomic E-state index is -0.465. The summed E-state index contributed by atoms with van der Waals surface area (Å²) in [6.45, 7) is 0.0152. The minimum Gasteiger partial charge on any atom is -0.368 e. The van der Waals surface area contributed by atoms with Gasteiger partial charge in [-0.2, -0.15) is 4.98 Å². The highest BCUT2D eigenvalue weighted by Crippen LogP contribution is 2.26. The molecule has 0 spiro atoms. The molecule has 0 saturated heterocycles. The smallest absolute Gasteiger partial charge is 0.277 e. The summed E-state index contributed by atoms with van der Waals surface area (Å²) >= 11 is 1.35. The average molecular weight is 333 g/mol. The second-order valence-corrected chi connectivity index (χ2v) is 6.39. The number of nitrogens with two attached hydrogens (primary N) is 1. The fourth-order valence-corrected chi connectivity index (χ4v) is 3.71. The fourth-order valence-electron chi connectivity index (χ4n) is 2.74. The molecule has 1 amide bonds.